The van der Waals surface area contributed by atoms with E-state index in [9.17, 15) is 18.0 Å². The van der Waals surface area contributed by atoms with Gasteiger partial charge in [-0.15, -0.1) is 0 Å². The lowest BCUT2D eigenvalue weighted by atomic mass is 9.96. The molecular weight excluding hydrogens is 257 g/mol. The monoisotopic (exact) mass is 266 g/mol. The van der Waals surface area contributed by atoms with Crippen LogP contribution in [0.2, 0.25) is 0 Å². The maximum atomic E-state index is 12.9. The number of benzene rings is 1. The first-order valence-corrected chi connectivity index (χ1v) is 5.31. The molecule has 2 aromatic rings. The van der Waals surface area contributed by atoms with Crippen molar-refractivity contribution in [3.63, 3.8) is 0 Å². The van der Waals surface area contributed by atoms with E-state index in [1.807, 2.05) is 0 Å². The van der Waals surface area contributed by atoms with Crippen LogP contribution in [0, 0.1) is 0 Å². The van der Waals surface area contributed by atoms with Gasteiger partial charge in [-0.2, -0.15) is 13.2 Å². The van der Waals surface area contributed by atoms with Crippen LogP contribution in [0.1, 0.15) is 15.9 Å². The fourth-order valence-electron chi connectivity index (χ4n) is 1.79. The minimum absolute atomic E-state index is 0.0424. The average molecular weight is 266 g/mol. The number of hydrogen-bond acceptors (Lipinski definition) is 2. The van der Waals surface area contributed by atoms with Crippen LogP contribution in [0.3, 0.4) is 0 Å². The molecule has 2 N–H and O–H groups in total. The summed E-state index contributed by atoms with van der Waals surface area (Å²) >= 11 is 0. The largest absolute Gasteiger partial charge is 0.417 e. The molecule has 0 aliphatic rings. The van der Waals surface area contributed by atoms with Gasteiger partial charge in [0.1, 0.15) is 0 Å². The van der Waals surface area contributed by atoms with Crippen LogP contribution in [0.5, 0.6) is 0 Å². The van der Waals surface area contributed by atoms with Gasteiger partial charge in [-0.25, -0.2) is 0 Å². The fraction of sp³-hybridized carbons (Fsp3) is 0.0769. The third kappa shape index (κ3) is 2.57. The number of carbonyl (C=O) groups is 1. The molecule has 6 heteroatoms. The molecule has 0 atom stereocenters. The van der Waals surface area contributed by atoms with Gasteiger partial charge in [0.05, 0.1) is 11.1 Å². The number of aromatic nitrogens is 1. The van der Waals surface area contributed by atoms with Gasteiger partial charge in [-0.1, -0.05) is 18.2 Å². The summed E-state index contributed by atoms with van der Waals surface area (Å²) in [7, 11) is 0. The molecule has 1 amide bonds. The van der Waals surface area contributed by atoms with Crippen LogP contribution in [0.25, 0.3) is 11.1 Å². The zero-order chi connectivity index (χ0) is 14.0. The summed E-state index contributed by atoms with van der Waals surface area (Å²) in [6.45, 7) is 0. The second kappa shape index (κ2) is 4.72. The van der Waals surface area contributed by atoms with Gasteiger partial charge in [-0.3, -0.25) is 9.78 Å². The van der Waals surface area contributed by atoms with Gasteiger partial charge < -0.3 is 5.73 Å². The van der Waals surface area contributed by atoms with Gasteiger partial charge in [0.15, 0.2) is 0 Å². The molecule has 0 radical (unpaired) electrons. The zero-order valence-electron chi connectivity index (χ0n) is 9.61. The van der Waals surface area contributed by atoms with Crippen molar-refractivity contribution in [2.45, 2.75) is 6.18 Å². The third-order valence-electron chi connectivity index (χ3n) is 2.61. The van der Waals surface area contributed by atoms with Crippen molar-refractivity contribution in [1.82, 2.24) is 4.98 Å². The topological polar surface area (TPSA) is 56.0 Å². The maximum absolute atomic E-state index is 12.9. The summed E-state index contributed by atoms with van der Waals surface area (Å²) in [5, 5.41) is 0. The van der Waals surface area contributed by atoms with Crippen LogP contribution in [-0.2, 0) is 6.18 Å². The highest BCUT2D eigenvalue weighted by Crippen LogP contribution is 2.37. The Hall–Kier alpha value is -2.37. The molecule has 2 rings (SSSR count). The molecular formula is C13H9F3N2O. The molecule has 0 aliphatic carbocycles. The van der Waals surface area contributed by atoms with E-state index in [0.717, 1.165) is 12.3 Å². The third-order valence-corrected chi connectivity index (χ3v) is 2.61. The quantitative estimate of drug-likeness (QED) is 0.908. The highest BCUT2D eigenvalue weighted by Gasteiger charge is 2.33. The van der Waals surface area contributed by atoms with E-state index in [4.69, 9.17) is 5.73 Å². The number of halogens is 3. The first-order chi connectivity index (χ1) is 8.91. The minimum atomic E-state index is -4.51. The first-order valence-electron chi connectivity index (χ1n) is 5.31. The van der Waals surface area contributed by atoms with Gasteiger partial charge in [0, 0.05) is 12.4 Å². The van der Waals surface area contributed by atoms with Crippen molar-refractivity contribution in [1.29, 1.82) is 0 Å². The Balaban J connectivity index is 2.70. The lowest BCUT2D eigenvalue weighted by Gasteiger charge is -2.14. The van der Waals surface area contributed by atoms with Crippen molar-refractivity contribution in [2.75, 3.05) is 0 Å². The number of primary amides is 1. The molecule has 0 fully saturated rings. The second-order valence-electron chi connectivity index (χ2n) is 3.83. The van der Waals surface area contributed by atoms with Crippen molar-refractivity contribution in [2.24, 2.45) is 5.73 Å². The van der Waals surface area contributed by atoms with Crippen LogP contribution < -0.4 is 5.73 Å². The number of nitrogens with zero attached hydrogens (tertiary/aromatic N) is 1. The first kappa shape index (κ1) is 13.1. The number of hydrogen-bond donors (Lipinski definition) is 1. The molecule has 19 heavy (non-hydrogen) atoms. The lowest BCUT2D eigenvalue weighted by Crippen LogP contribution is -2.14. The molecule has 0 spiro atoms. The molecule has 1 aromatic carbocycles. The van der Waals surface area contributed by atoms with E-state index < -0.39 is 17.6 Å². The maximum Gasteiger partial charge on any atom is 0.417 e. The molecule has 0 saturated heterocycles. The highest BCUT2D eigenvalue weighted by molar-refractivity contribution is 5.99. The molecule has 0 bridgehead atoms. The van der Waals surface area contributed by atoms with E-state index >= 15 is 0 Å². The van der Waals surface area contributed by atoms with Crippen molar-refractivity contribution < 1.29 is 18.0 Å². The summed E-state index contributed by atoms with van der Waals surface area (Å²) in [5.74, 6) is -0.819. The Morgan fingerprint density at radius 2 is 1.79 bits per heavy atom. The number of alkyl halides is 3. The summed E-state index contributed by atoms with van der Waals surface area (Å²) in [6, 6.07) is 6.35. The Kier molecular flexibility index (Phi) is 3.25. The Bertz CT molecular complexity index is 623. The number of rotatable bonds is 2. The predicted molar refractivity (Wildman–Crippen MR) is 63.2 cm³/mol. The summed E-state index contributed by atoms with van der Waals surface area (Å²) in [6.07, 6.45) is -2.03. The van der Waals surface area contributed by atoms with Gasteiger partial charge in [0.25, 0.3) is 5.91 Å². The summed E-state index contributed by atoms with van der Waals surface area (Å²) in [4.78, 5) is 15.0. The Morgan fingerprint density at radius 3 is 2.42 bits per heavy atom. The molecule has 0 aliphatic heterocycles. The standard InChI is InChI=1S/C13H9F3N2O/c14-13(15,16)11-4-2-1-3-9(11)8-5-6-18-7-10(8)12(17)19/h1-7H,(H2,17,19). The second-order valence-corrected chi connectivity index (χ2v) is 3.83. The van der Waals surface area contributed by atoms with Gasteiger partial charge in [0.2, 0.25) is 0 Å². The predicted octanol–water partition coefficient (Wildman–Crippen LogP) is 2.87. The van der Waals surface area contributed by atoms with E-state index in [1.165, 1.54) is 30.5 Å². The number of nitrogens with two attached hydrogens (primary N) is 1. The molecule has 1 heterocycles. The lowest BCUT2D eigenvalue weighted by molar-refractivity contribution is -0.137. The molecule has 3 nitrogen and oxygen atoms in total. The van der Waals surface area contributed by atoms with Crippen LogP contribution in [0.4, 0.5) is 13.2 Å². The van der Waals surface area contributed by atoms with Crippen molar-refractivity contribution in [3.05, 3.63) is 53.9 Å². The average Bonchev–Trinajstić information content (AvgIpc) is 2.37. The highest BCUT2D eigenvalue weighted by atomic mass is 19.4. The molecule has 98 valence electrons. The molecule has 0 unspecified atom stereocenters. The smallest absolute Gasteiger partial charge is 0.366 e. The Morgan fingerprint density at radius 1 is 1.11 bits per heavy atom. The summed E-state index contributed by atoms with van der Waals surface area (Å²) in [5.41, 5.74) is 4.32. The van der Waals surface area contributed by atoms with Crippen molar-refractivity contribution >= 4 is 5.91 Å². The van der Waals surface area contributed by atoms with Crippen LogP contribution in [0.15, 0.2) is 42.7 Å². The van der Waals surface area contributed by atoms with Crippen LogP contribution >= 0.6 is 0 Å². The van der Waals surface area contributed by atoms with Gasteiger partial charge in [-0.05, 0) is 23.3 Å². The van der Waals surface area contributed by atoms with Crippen LogP contribution in [-0.4, -0.2) is 10.9 Å². The SMILES string of the molecule is NC(=O)c1cnccc1-c1ccccc1C(F)(F)F. The Labute approximate surface area is 106 Å². The zero-order valence-corrected chi connectivity index (χ0v) is 9.61. The number of carbonyl (C=O) groups excluding carboxylic acids is 1. The van der Waals surface area contributed by atoms with Gasteiger partial charge >= 0.3 is 6.18 Å². The molecule has 1 aromatic heterocycles. The van der Waals surface area contributed by atoms with E-state index in [0.29, 0.717) is 0 Å². The number of pyridine rings is 1. The molecule has 0 saturated carbocycles. The minimum Gasteiger partial charge on any atom is -0.366 e. The van der Waals surface area contributed by atoms with E-state index in [1.54, 1.807) is 0 Å². The van der Waals surface area contributed by atoms with E-state index in [2.05, 4.69) is 4.98 Å². The van der Waals surface area contributed by atoms with E-state index in [-0.39, 0.29) is 16.7 Å². The van der Waals surface area contributed by atoms with Crippen molar-refractivity contribution in [3.8, 4) is 11.1 Å². The number of amides is 1. The summed E-state index contributed by atoms with van der Waals surface area (Å²) < 4.78 is 38.8. The fourth-order valence-corrected chi connectivity index (χ4v) is 1.79. The normalized spacial score (nSPS) is 11.3.